The molecule has 0 radical (unpaired) electrons. The van der Waals surface area contributed by atoms with Crippen LogP contribution in [0.2, 0.25) is 10.0 Å². The topological polar surface area (TPSA) is 86.8 Å². The summed E-state index contributed by atoms with van der Waals surface area (Å²) in [7, 11) is 0. The van der Waals surface area contributed by atoms with Gasteiger partial charge in [-0.15, -0.1) is 0 Å². The molecule has 1 aromatic carbocycles. The fourth-order valence-corrected chi connectivity index (χ4v) is 4.08. The lowest BCUT2D eigenvalue weighted by Crippen LogP contribution is -2.43. The van der Waals surface area contributed by atoms with Crippen molar-refractivity contribution in [3.05, 3.63) is 33.8 Å². The summed E-state index contributed by atoms with van der Waals surface area (Å²) in [5.41, 5.74) is 0.650. The number of benzene rings is 1. The van der Waals surface area contributed by atoms with Gasteiger partial charge in [0.15, 0.2) is 0 Å². The number of hydrogen-bond donors (Lipinski definition) is 1. The smallest absolute Gasteiger partial charge is 0.334 e. The molecule has 1 heterocycles. The average Bonchev–Trinajstić information content (AvgIpc) is 3.18. The minimum atomic E-state index is -0.959. The van der Waals surface area contributed by atoms with Gasteiger partial charge < -0.3 is 5.32 Å². The maximum Gasteiger partial charge on any atom is 0.334 e. The molecule has 7 nitrogen and oxygen atoms in total. The summed E-state index contributed by atoms with van der Waals surface area (Å²) in [6.45, 7) is 1.21. The van der Waals surface area contributed by atoms with Gasteiger partial charge in [0.05, 0.1) is 6.04 Å². The van der Waals surface area contributed by atoms with E-state index in [1.165, 1.54) is 0 Å². The highest BCUT2D eigenvalue weighted by molar-refractivity contribution is 6.45. The normalized spacial score (nSPS) is 19.1. The minimum Gasteiger partial charge on any atom is -0.348 e. The summed E-state index contributed by atoms with van der Waals surface area (Å²) in [6.07, 6.45) is 3.21. The lowest BCUT2D eigenvalue weighted by atomic mass is 10.1. The standard InChI is InChI=1S/C18H19Cl2N3O4/c1-10(13-7-6-11(19)8-14(13)20)21-15(24)9-22-16(25)17(26)23(18(22)27)12-4-2-3-5-12/h6-8,10,12H,2-5,9H2,1H3,(H,21,24)/t10-/m0/s1. The van der Waals surface area contributed by atoms with E-state index in [0.29, 0.717) is 33.4 Å². The van der Waals surface area contributed by atoms with Crippen LogP contribution in [0, 0.1) is 0 Å². The number of carbonyl (C=O) groups excluding carboxylic acids is 4. The van der Waals surface area contributed by atoms with Crippen molar-refractivity contribution in [1.29, 1.82) is 0 Å². The molecule has 144 valence electrons. The first-order valence-electron chi connectivity index (χ1n) is 8.73. The first-order chi connectivity index (χ1) is 12.8. The Kier molecular flexibility index (Phi) is 5.72. The largest absolute Gasteiger partial charge is 0.348 e. The molecule has 2 fully saturated rings. The fourth-order valence-electron chi connectivity index (χ4n) is 3.51. The SMILES string of the molecule is C[C@H](NC(=O)CN1C(=O)C(=O)N(C2CCCC2)C1=O)c1ccc(Cl)cc1Cl. The number of urea groups is 1. The average molecular weight is 412 g/mol. The maximum atomic E-state index is 12.5. The molecule has 1 saturated heterocycles. The van der Waals surface area contributed by atoms with E-state index in [4.69, 9.17) is 23.2 Å². The van der Waals surface area contributed by atoms with E-state index < -0.39 is 36.3 Å². The van der Waals surface area contributed by atoms with Crippen LogP contribution in [0.15, 0.2) is 18.2 Å². The van der Waals surface area contributed by atoms with E-state index in [2.05, 4.69) is 5.32 Å². The fraction of sp³-hybridized carbons (Fsp3) is 0.444. The van der Waals surface area contributed by atoms with Crippen molar-refractivity contribution in [2.45, 2.75) is 44.7 Å². The van der Waals surface area contributed by atoms with Crippen molar-refractivity contribution >= 4 is 47.0 Å². The quantitative estimate of drug-likeness (QED) is 0.595. The summed E-state index contributed by atoms with van der Waals surface area (Å²) in [5.74, 6) is -2.37. The first-order valence-corrected chi connectivity index (χ1v) is 9.48. The number of nitrogens with one attached hydrogen (secondary N) is 1. The van der Waals surface area contributed by atoms with Crippen molar-refractivity contribution in [3.8, 4) is 0 Å². The van der Waals surface area contributed by atoms with Crippen LogP contribution in [0.4, 0.5) is 4.79 Å². The summed E-state index contributed by atoms with van der Waals surface area (Å²) in [6, 6.07) is 3.46. The van der Waals surface area contributed by atoms with E-state index in [1.54, 1.807) is 25.1 Å². The van der Waals surface area contributed by atoms with Crippen LogP contribution >= 0.6 is 23.2 Å². The van der Waals surface area contributed by atoms with Crippen LogP contribution in [-0.4, -0.2) is 46.1 Å². The van der Waals surface area contributed by atoms with E-state index >= 15 is 0 Å². The minimum absolute atomic E-state index is 0.256. The number of halogens is 2. The van der Waals surface area contributed by atoms with Gasteiger partial charge in [0.1, 0.15) is 6.54 Å². The van der Waals surface area contributed by atoms with Gasteiger partial charge in [-0.3, -0.25) is 19.3 Å². The molecule has 0 bridgehead atoms. The second-order valence-electron chi connectivity index (χ2n) is 6.74. The third-order valence-corrected chi connectivity index (χ3v) is 5.44. The second kappa shape index (κ2) is 7.86. The summed E-state index contributed by atoms with van der Waals surface area (Å²) >= 11 is 12.0. The molecule has 1 saturated carbocycles. The lowest BCUT2D eigenvalue weighted by molar-refractivity contribution is -0.144. The van der Waals surface area contributed by atoms with Crippen LogP contribution in [0.25, 0.3) is 0 Å². The van der Waals surface area contributed by atoms with Gasteiger partial charge in [-0.1, -0.05) is 42.1 Å². The number of imide groups is 2. The van der Waals surface area contributed by atoms with Gasteiger partial charge in [-0.2, -0.15) is 0 Å². The number of rotatable bonds is 5. The molecule has 2 aliphatic rings. The Morgan fingerprint density at radius 3 is 2.48 bits per heavy atom. The molecular weight excluding hydrogens is 393 g/mol. The summed E-state index contributed by atoms with van der Waals surface area (Å²) in [4.78, 5) is 50.9. The van der Waals surface area contributed by atoms with E-state index in [0.717, 1.165) is 17.7 Å². The molecule has 1 atom stereocenters. The zero-order valence-corrected chi connectivity index (χ0v) is 16.2. The highest BCUT2D eigenvalue weighted by Crippen LogP contribution is 2.28. The number of carbonyl (C=O) groups is 4. The van der Waals surface area contributed by atoms with E-state index in [9.17, 15) is 19.2 Å². The van der Waals surface area contributed by atoms with Gasteiger partial charge in [0.2, 0.25) is 5.91 Å². The summed E-state index contributed by atoms with van der Waals surface area (Å²) < 4.78 is 0. The zero-order chi connectivity index (χ0) is 19.7. The Hall–Kier alpha value is -2.12. The van der Waals surface area contributed by atoms with E-state index in [-0.39, 0.29) is 6.04 Å². The van der Waals surface area contributed by atoms with Crippen molar-refractivity contribution in [2.75, 3.05) is 6.54 Å². The Labute approximate surface area is 166 Å². The number of nitrogens with zero attached hydrogens (tertiary/aromatic N) is 2. The van der Waals surface area contributed by atoms with Crippen LogP contribution < -0.4 is 5.32 Å². The molecule has 1 N–H and O–H groups in total. The van der Waals surface area contributed by atoms with Crippen LogP contribution in [0.5, 0.6) is 0 Å². The third-order valence-electron chi connectivity index (χ3n) is 4.88. The molecule has 0 unspecified atom stereocenters. The Morgan fingerprint density at radius 2 is 1.85 bits per heavy atom. The van der Waals surface area contributed by atoms with Crippen molar-refractivity contribution < 1.29 is 19.2 Å². The molecule has 1 aromatic rings. The zero-order valence-electron chi connectivity index (χ0n) is 14.7. The van der Waals surface area contributed by atoms with Crippen molar-refractivity contribution in [3.63, 3.8) is 0 Å². The number of amides is 5. The van der Waals surface area contributed by atoms with E-state index in [1.807, 2.05) is 0 Å². The van der Waals surface area contributed by atoms with Gasteiger partial charge in [0.25, 0.3) is 0 Å². The predicted octanol–water partition coefficient (Wildman–Crippen LogP) is 2.90. The van der Waals surface area contributed by atoms with Crippen molar-refractivity contribution in [2.24, 2.45) is 0 Å². The van der Waals surface area contributed by atoms with Gasteiger partial charge >= 0.3 is 17.8 Å². The molecule has 9 heteroatoms. The Balaban J connectivity index is 1.65. The summed E-state index contributed by atoms with van der Waals surface area (Å²) in [5, 5.41) is 3.55. The molecule has 5 amide bonds. The lowest BCUT2D eigenvalue weighted by Gasteiger charge is -2.21. The predicted molar refractivity (Wildman–Crippen MR) is 99.2 cm³/mol. The highest BCUT2D eigenvalue weighted by Gasteiger charge is 2.48. The van der Waals surface area contributed by atoms with Crippen LogP contribution in [0.3, 0.4) is 0 Å². The molecule has 0 spiro atoms. The first kappa shape index (κ1) is 19.6. The van der Waals surface area contributed by atoms with Crippen LogP contribution in [0.1, 0.15) is 44.2 Å². The number of hydrogen-bond acceptors (Lipinski definition) is 4. The molecule has 27 heavy (non-hydrogen) atoms. The molecule has 0 aromatic heterocycles. The van der Waals surface area contributed by atoms with Crippen molar-refractivity contribution in [1.82, 2.24) is 15.1 Å². The molecule has 1 aliphatic carbocycles. The Morgan fingerprint density at radius 1 is 1.19 bits per heavy atom. The van der Waals surface area contributed by atoms with Gasteiger partial charge in [-0.25, -0.2) is 9.69 Å². The monoisotopic (exact) mass is 411 g/mol. The molecule has 3 rings (SSSR count). The van der Waals surface area contributed by atoms with Gasteiger partial charge in [-0.05, 0) is 37.5 Å². The second-order valence-corrected chi connectivity index (χ2v) is 7.59. The van der Waals surface area contributed by atoms with Crippen LogP contribution in [-0.2, 0) is 14.4 Å². The Bertz CT molecular complexity index is 808. The third kappa shape index (κ3) is 3.94. The highest BCUT2D eigenvalue weighted by atomic mass is 35.5. The molecule has 1 aliphatic heterocycles. The molecular formula is C18H19Cl2N3O4. The van der Waals surface area contributed by atoms with Gasteiger partial charge in [0, 0.05) is 16.1 Å². The maximum absolute atomic E-state index is 12.5.